The molecule has 27 heavy (non-hydrogen) atoms. The van der Waals surface area contributed by atoms with Gasteiger partial charge in [-0.15, -0.1) is 0 Å². The molecule has 0 unspecified atom stereocenters. The number of furan rings is 1. The standard InChI is InChI=1S/C19H16FN3O4/c1-11-12-6-3-5-9-15(12)27-17(11)19(26)23-22-16(24)10-21-18(25)13-7-2-4-8-14(13)20/h2-9H,10H2,1H3,(H,21,25)(H,22,24)(H,23,26). The molecule has 3 amide bonds. The molecule has 0 bridgehead atoms. The first kappa shape index (κ1) is 18.1. The predicted molar refractivity (Wildman–Crippen MR) is 95.3 cm³/mol. The van der Waals surface area contributed by atoms with Crippen molar-refractivity contribution in [3.05, 3.63) is 71.2 Å². The van der Waals surface area contributed by atoms with Crippen LogP contribution in [-0.2, 0) is 4.79 Å². The molecule has 3 aromatic rings. The maximum absolute atomic E-state index is 13.5. The summed E-state index contributed by atoms with van der Waals surface area (Å²) in [5.74, 6) is -2.65. The monoisotopic (exact) mass is 369 g/mol. The maximum Gasteiger partial charge on any atom is 0.305 e. The van der Waals surface area contributed by atoms with Gasteiger partial charge in [-0.1, -0.05) is 30.3 Å². The number of amides is 3. The van der Waals surface area contributed by atoms with Crippen LogP contribution in [0.1, 0.15) is 26.5 Å². The van der Waals surface area contributed by atoms with Crippen LogP contribution in [-0.4, -0.2) is 24.3 Å². The van der Waals surface area contributed by atoms with Crippen LogP contribution in [0.4, 0.5) is 4.39 Å². The zero-order valence-corrected chi connectivity index (χ0v) is 14.3. The molecule has 0 saturated heterocycles. The van der Waals surface area contributed by atoms with Crippen molar-refractivity contribution in [3.8, 4) is 0 Å². The molecule has 0 aliphatic rings. The summed E-state index contributed by atoms with van der Waals surface area (Å²) in [6, 6.07) is 12.6. The lowest BCUT2D eigenvalue weighted by Gasteiger charge is -2.08. The fourth-order valence-electron chi connectivity index (χ4n) is 2.52. The number of para-hydroxylation sites is 1. The molecule has 8 heteroatoms. The highest BCUT2D eigenvalue weighted by Crippen LogP contribution is 2.24. The van der Waals surface area contributed by atoms with E-state index >= 15 is 0 Å². The molecule has 0 spiro atoms. The number of hydrogen-bond donors (Lipinski definition) is 3. The van der Waals surface area contributed by atoms with Crippen molar-refractivity contribution in [3.63, 3.8) is 0 Å². The second kappa shape index (κ2) is 7.69. The molecule has 0 aliphatic carbocycles. The van der Waals surface area contributed by atoms with E-state index in [4.69, 9.17) is 4.42 Å². The van der Waals surface area contributed by atoms with Crippen LogP contribution >= 0.6 is 0 Å². The number of aryl methyl sites for hydroxylation is 1. The summed E-state index contributed by atoms with van der Waals surface area (Å²) in [7, 11) is 0. The number of carbonyl (C=O) groups is 3. The first-order valence-corrected chi connectivity index (χ1v) is 8.07. The summed E-state index contributed by atoms with van der Waals surface area (Å²) in [6.45, 7) is 1.30. The number of rotatable bonds is 4. The van der Waals surface area contributed by atoms with Gasteiger partial charge in [0.05, 0.1) is 12.1 Å². The Kier molecular flexibility index (Phi) is 5.16. The van der Waals surface area contributed by atoms with E-state index in [0.29, 0.717) is 11.1 Å². The fraction of sp³-hybridized carbons (Fsp3) is 0.105. The summed E-state index contributed by atoms with van der Waals surface area (Å²) in [6.07, 6.45) is 0. The van der Waals surface area contributed by atoms with Crippen LogP contribution in [0.15, 0.2) is 52.9 Å². The minimum atomic E-state index is -0.734. The number of nitrogens with one attached hydrogen (secondary N) is 3. The van der Waals surface area contributed by atoms with Crippen LogP contribution in [0.3, 0.4) is 0 Å². The SMILES string of the molecule is Cc1c(C(=O)NNC(=O)CNC(=O)c2ccccc2F)oc2ccccc12. The highest BCUT2D eigenvalue weighted by atomic mass is 19.1. The lowest BCUT2D eigenvalue weighted by atomic mass is 10.1. The Morgan fingerprint density at radius 2 is 1.67 bits per heavy atom. The van der Waals surface area contributed by atoms with E-state index in [-0.39, 0.29) is 11.3 Å². The van der Waals surface area contributed by atoms with E-state index in [1.165, 1.54) is 18.2 Å². The van der Waals surface area contributed by atoms with Gasteiger partial charge in [0.15, 0.2) is 5.76 Å². The van der Waals surface area contributed by atoms with Crippen molar-refractivity contribution in [1.82, 2.24) is 16.2 Å². The van der Waals surface area contributed by atoms with Gasteiger partial charge in [-0.05, 0) is 25.1 Å². The number of fused-ring (bicyclic) bond motifs is 1. The highest BCUT2D eigenvalue weighted by Gasteiger charge is 2.18. The third kappa shape index (κ3) is 3.95. The quantitative estimate of drug-likeness (QED) is 0.613. The van der Waals surface area contributed by atoms with E-state index in [1.54, 1.807) is 19.1 Å². The molecule has 0 radical (unpaired) electrons. The van der Waals surface area contributed by atoms with Crippen LogP contribution in [0.5, 0.6) is 0 Å². The smallest absolute Gasteiger partial charge is 0.305 e. The average molecular weight is 369 g/mol. The average Bonchev–Trinajstić information content (AvgIpc) is 3.01. The molecule has 0 fully saturated rings. The number of hydrazine groups is 1. The van der Waals surface area contributed by atoms with Gasteiger partial charge < -0.3 is 9.73 Å². The lowest BCUT2D eigenvalue weighted by Crippen LogP contribution is -2.46. The highest BCUT2D eigenvalue weighted by molar-refractivity contribution is 6.00. The van der Waals surface area contributed by atoms with E-state index in [9.17, 15) is 18.8 Å². The summed E-state index contributed by atoms with van der Waals surface area (Å²) in [5, 5.41) is 3.07. The van der Waals surface area contributed by atoms with Crippen molar-refractivity contribution >= 4 is 28.7 Å². The Balaban J connectivity index is 1.54. The molecule has 1 heterocycles. The number of benzene rings is 2. The van der Waals surface area contributed by atoms with Crippen molar-refractivity contribution in [2.24, 2.45) is 0 Å². The van der Waals surface area contributed by atoms with Gasteiger partial charge in [-0.3, -0.25) is 25.2 Å². The molecule has 138 valence electrons. The third-order valence-electron chi connectivity index (χ3n) is 3.89. The number of carbonyl (C=O) groups excluding carboxylic acids is 3. The van der Waals surface area contributed by atoms with E-state index in [1.807, 2.05) is 12.1 Å². The van der Waals surface area contributed by atoms with Crippen LogP contribution in [0.25, 0.3) is 11.0 Å². The molecule has 7 nitrogen and oxygen atoms in total. The van der Waals surface area contributed by atoms with E-state index < -0.39 is 30.1 Å². The Bertz CT molecular complexity index is 1030. The maximum atomic E-state index is 13.5. The minimum Gasteiger partial charge on any atom is -0.451 e. The Hall–Kier alpha value is -3.68. The zero-order valence-electron chi connectivity index (χ0n) is 14.3. The largest absolute Gasteiger partial charge is 0.451 e. The van der Waals surface area contributed by atoms with Gasteiger partial charge in [0.1, 0.15) is 11.4 Å². The summed E-state index contributed by atoms with van der Waals surface area (Å²) in [4.78, 5) is 35.8. The Labute approximate surface area is 153 Å². The van der Waals surface area contributed by atoms with Crippen molar-refractivity contribution < 1.29 is 23.2 Å². The van der Waals surface area contributed by atoms with Crippen LogP contribution in [0, 0.1) is 12.7 Å². The lowest BCUT2D eigenvalue weighted by molar-refractivity contribution is -0.120. The Morgan fingerprint density at radius 3 is 2.41 bits per heavy atom. The molecular weight excluding hydrogens is 353 g/mol. The van der Waals surface area contributed by atoms with Crippen molar-refractivity contribution in [2.75, 3.05) is 6.54 Å². The molecule has 1 aromatic heterocycles. The first-order valence-electron chi connectivity index (χ1n) is 8.07. The summed E-state index contributed by atoms with van der Waals surface area (Å²) < 4.78 is 19.0. The normalized spacial score (nSPS) is 10.4. The molecule has 2 aromatic carbocycles. The second-order valence-electron chi connectivity index (χ2n) is 5.72. The Morgan fingerprint density at radius 1 is 0.963 bits per heavy atom. The van der Waals surface area contributed by atoms with Gasteiger partial charge in [-0.25, -0.2) is 4.39 Å². The second-order valence-corrected chi connectivity index (χ2v) is 5.72. The van der Waals surface area contributed by atoms with Gasteiger partial charge in [-0.2, -0.15) is 0 Å². The first-order chi connectivity index (χ1) is 13.0. The molecule has 0 aliphatic heterocycles. The van der Waals surface area contributed by atoms with Gasteiger partial charge in [0.25, 0.3) is 11.8 Å². The van der Waals surface area contributed by atoms with E-state index in [2.05, 4.69) is 16.2 Å². The number of halogens is 1. The molecule has 0 atom stereocenters. The van der Waals surface area contributed by atoms with E-state index in [0.717, 1.165) is 11.5 Å². The summed E-state index contributed by atoms with van der Waals surface area (Å²) in [5.41, 5.74) is 5.41. The molecule has 3 rings (SSSR count). The van der Waals surface area contributed by atoms with Crippen LogP contribution < -0.4 is 16.2 Å². The number of hydrogen-bond acceptors (Lipinski definition) is 4. The fourth-order valence-corrected chi connectivity index (χ4v) is 2.52. The van der Waals surface area contributed by atoms with Crippen molar-refractivity contribution in [1.29, 1.82) is 0 Å². The topological polar surface area (TPSA) is 100 Å². The summed E-state index contributed by atoms with van der Waals surface area (Å²) >= 11 is 0. The molecule has 3 N–H and O–H groups in total. The minimum absolute atomic E-state index is 0.0758. The van der Waals surface area contributed by atoms with Gasteiger partial charge >= 0.3 is 5.91 Å². The third-order valence-corrected chi connectivity index (χ3v) is 3.89. The molecule has 0 saturated carbocycles. The van der Waals surface area contributed by atoms with Crippen LogP contribution in [0.2, 0.25) is 0 Å². The molecular formula is C19H16FN3O4. The van der Waals surface area contributed by atoms with Gasteiger partial charge in [0, 0.05) is 10.9 Å². The van der Waals surface area contributed by atoms with Gasteiger partial charge in [0.2, 0.25) is 0 Å². The zero-order chi connectivity index (χ0) is 19.4. The van der Waals surface area contributed by atoms with Crippen molar-refractivity contribution in [2.45, 2.75) is 6.92 Å². The predicted octanol–water partition coefficient (Wildman–Crippen LogP) is 2.07.